The van der Waals surface area contributed by atoms with Gasteiger partial charge in [0, 0.05) is 16.7 Å². The molecule has 0 spiro atoms. The summed E-state index contributed by atoms with van der Waals surface area (Å²) in [6.45, 7) is 0. The number of carbonyl (C=O) groups is 1. The molecule has 1 aliphatic rings. The van der Waals surface area contributed by atoms with E-state index in [2.05, 4.69) is 5.32 Å². The van der Waals surface area contributed by atoms with Crippen molar-refractivity contribution in [3.05, 3.63) is 29.3 Å². The number of alkyl halides is 1. The highest BCUT2D eigenvalue weighted by molar-refractivity contribution is 8.13. The molecule has 1 aromatic carbocycles. The summed E-state index contributed by atoms with van der Waals surface area (Å²) >= 11 is 5.42. The molecule has 0 fully saturated rings. The Morgan fingerprint density at radius 2 is 2.00 bits per heavy atom. The molecule has 18 heavy (non-hydrogen) atoms. The lowest BCUT2D eigenvalue weighted by molar-refractivity contribution is -0.119. The van der Waals surface area contributed by atoms with Crippen LogP contribution < -0.4 is 5.32 Å². The molecule has 2 rings (SSSR count). The molecular weight excluding hydrogens is 297 g/mol. The Hall–Kier alpha value is -0.780. The average Bonchev–Trinajstić information content (AvgIpc) is 2.68. The molecule has 1 atom stereocenters. The van der Waals surface area contributed by atoms with E-state index in [-0.39, 0.29) is 22.7 Å². The molecule has 1 aliphatic carbocycles. The first kappa shape index (κ1) is 13.6. The Kier molecular flexibility index (Phi) is 3.84. The van der Waals surface area contributed by atoms with Gasteiger partial charge in [-0.1, -0.05) is 6.07 Å². The van der Waals surface area contributed by atoms with E-state index < -0.39 is 9.05 Å². The van der Waals surface area contributed by atoms with Crippen molar-refractivity contribution in [1.82, 2.24) is 5.32 Å². The summed E-state index contributed by atoms with van der Waals surface area (Å²) in [4.78, 5) is 11.3. The van der Waals surface area contributed by atoms with E-state index in [1.165, 1.54) is 6.07 Å². The SMILES string of the molecule is O=C(CCl)N[C@@H]1Cc2ccc(S(=O)(=O)Cl)cc2C1. The fourth-order valence-corrected chi connectivity index (χ4v) is 2.99. The lowest BCUT2D eigenvalue weighted by Gasteiger charge is -2.09. The quantitative estimate of drug-likeness (QED) is 0.679. The van der Waals surface area contributed by atoms with Crippen LogP contribution in [-0.2, 0) is 26.7 Å². The van der Waals surface area contributed by atoms with Gasteiger partial charge >= 0.3 is 0 Å². The second-order valence-corrected chi connectivity index (χ2v) is 7.01. The fourth-order valence-electron chi connectivity index (χ4n) is 2.11. The first-order valence-electron chi connectivity index (χ1n) is 5.32. The highest BCUT2D eigenvalue weighted by Crippen LogP contribution is 2.26. The lowest BCUT2D eigenvalue weighted by Crippen LogP contribution is -2.36. The van der Waals surface area contributed by atoms with Gasteiger partial charge in [0.15, 0.2) is 0 Å². The van der Waals surface area contributed by atoms with Crippen LogP contribution in [0.2, 0.25) is 0 Å². The van der Waals surface area contributed by atoms with Crippen LogP contribution >= 0.6 is 22.3 Å². The van der Waals surface area contributed by atoms with Crippen molar-refractivity contribution < 1.29 is 13.2 Å². The summed E-state index contributed by atoms with van der Waals surface area (Å²) in [7, 11) is 1.58. The Bertz CT molecular complexity index is 586. The number of fused-ring (bicyclic) bond motifs is 1. The van der Waals surface area contributed by atoms with Crippen LogP contribution in [0.1, 0.15) is 11.1 Å². The molecule has 0 saturated heterocycles. The molecule has 98 valence electrons. The van der Waals surface area contributed by atoms with Gasteiger partial charge in [0.2, 0.25) is 5.91 Å². The van der Waals surface area contributed by atoms with Gasteiger partial charge in [-0.2, -0.15) is 0 Å². The van der Waals surface area contributed by atoms with Crippen LogP contribution in [0.15, 0.2) is 23.1 Å². The van der Waals surface area contributed by atoms with E-state index in [1.807, 2.05) is 0 Å². The van der Waals surface area contributed by atoms with Gasteiger partial charge in [-0.05, 0) is 36.1 Å². The molecule has 0 saturated carbocycles. The van der Waals surface area contributed by atoms with Crippen molar-refractivity contribution in [3.8, 4) is 0 Å². The summed E-state index contributed by atoms with van der Waals surface area (Å²) in [5.41, 5.74) is 1.93. The van der Waals surface area contributed by atoms with Crippen molar-refractivity contribution in [2.24, 2.45) is 0 Å². The van der Waals surface area contributed by atoms with Crippen LogP contribution in [-0.4, -0.2) is 26.2 Å². The Morgan fingerprint density at radius 1 is 1.33 bits per heavy atom. The third-order valence-electron chi connectivity index (χ3n) is 2.88. The normalized spacial score (nSPS) is 18.4. The molecule has 1 aromatic rings. The molecule has 4 nitrogen and oxygen atoms in total. The maximum absolute atomic E-state index is 11.2. The van der Waals surface area contributed by atoms with Crippen LogP contribution in [0.3, 0.4) is 0 Å². The van der Waals surface area contributed by atoms with Crippen LogP contribution in [0.5, 0.6) is 0 Å². The van der Waals surface area contributed by atoms with Gasteiger partial charge < -0.3 is 5.32 Å². The first-order chi connectivity index (χ1) is 8.40. The van der Waals surface area contributed by atoms with Crippen molar-refractivity contribution in [2.45, 2.75) is 23.8 Å². The van der Waals surface area contributed by atoms with Gasteiger partial charge in [-0.25, -0.2) is 8.42 Å². The van der Waals surface area contributed by atoms with E-state index in [0.29, 0.717) is 12.8 Å². The third kappa shape index (κ3) is 2.96. The van der Waals surface area contributed by atoms with E-state index >= 15 is 0 Å². The van der Waals surface area contributed by atoms with E-state index in [4.69, 9.17) is 22.3 Å². The number of nitrogens with one attached hydrogen (secondary N) is 1. The summed E-state index contributed by atoms with van der Waals surface area (Å²) < 4.78 is 22.4. The second-order valence-electron chi connectivity index (χ2n) is 4.17. The first-order valence-corrected chi connectivity index (χ1v) is 8.16. The molecule has 0 bridgehead atoms. The zero-order valence-electron chi connectivity index (χ0n) is 9.32. The lowest BCUT2D eigenvalue weighted by atomic mass is 10.1. The summed E-state index contributed by atoms with van der Waals surface area (Å²) in [6.07, 6.45) is 1.28. The van der Waals surface area contributed by atoms with Crippen LogP contribution in [0, 0.1) is 0 Å². The minimum absolute atomic E-state index is 0.0282. The molecule has 0 unspecified atom stereocenters. The topological polar surface area (TPSA) is 63.2 Å². The highest BCUT2D eigenvalue weighted by atomic mass is 35.7. The zero-order valence-corrected chi connectivity index (χ0v) is 11.6. The van der Waals surface area contributed by atoms with E-state index in [0.717, 1.165) is 11.1 Å². The monoisotopic (exact) mass is 307 g/mol. The number of halogens is 2. The summed E-state index contributed by atoms with van der Waals surface area (Å²) in [5.74, 6) is -0.298. The Labute approximate surface area is 115 Å². The van der Waals surface area contributed by atoms with Crippen molar-refractivity contribution >= 4 is 37.2 Å². The molecule has 0 aromatic heterocycles. The predicted molar refractivity (Wildman–Crippen MR) is 69.5 cm³/mol. The smallest absolute Gasteiger partial charge is 0.261 e. The molecule has 1 N–H and O–H groups in total. The van der Waals surface area contributed by atoms with Gasteiger partial charge in [-0.3, -0.25) is 4.79 Å². The molecule has 1 amide bonds. The van der Waals surface area contributed by atoms with E-state index in [1.54, 1.807) is 12.1 Å². The molecule has 0 heterocycles. The molecule has 7 heteroatoms. The Morgan fingerprint density at radius 3 is 2.61 bits per heavy atom. The number of amides is 1. The summed E-state index contributed by atoms with van der Waals surface area (Å²) in [5, 5.41) is 2.78. The number of hydrogen-bond acceptors (Lipinski definition) is 3. The zero-order chi connectivity index (χ0) is 13.3. The van der Waals surface area contributed by atoms with Gasteiger partial charge in [0.05, 0.1) is 4.90 Å². The van der Waals surface area contributed by atoms with Crippen LogP contribution in [0.25, 0.3) is 0 Å². The summed E-state index contributed by atoms with van der Waals surface area (Å²) in [6, 6.07) is 4.74. The maximum Gasteiger partial charge on any atom is 0.261 e. The third-order valence-corrected chi connectivity index (χ3v) is 4.47. The van der Waals surface area contributed by atoms with Gasteiger partial charge in [0.1, 0.15) is 5.88 Å². The largest absolute Gasteiger partial charge is 0.352 e. The second kappa shape index (κ2) is 5.07. The minimum Gasteiger partial charge on any atom is -0.352 e. The Balaban J connectivity index is 2.18. The van der Waals surface area contributed by atoms with E-state index in [9.17, 15) is 13.2 Å². The molecule has 0 radical (unpaired) electrons. The molecular formula is C11H11Cl2NO3S. The number of benzene rings is 1. The van der Waals surface area contributed by atoms with Crippen molar-refractivity contribution in [1.29, 1.82) is 0 Å². The van der Waals surface area contributed by atoms with Gasteiger partial charge in [0.25, 0.3) is 9.05 Å². The van der Waals surface area contributed by atoms with Crippen molar-refractivity contribution in [3.63, 3.8) is 0 Å². The maximum atomic E-state index is 11.2. The number of rotatable bonds is 3. The average molecular weight is 308 g/mol. The fraction of sp³-hybridized carbons (Fsp3) is 0.364. The predicted octanol–water partition coefficient (Wildman–Crippen LogP) is 1.44. The number of hydrogen-bond donors (Lipinski definition) is 1. The van der Waals surface area contributed by atoms with Gasteiger partial charge in [-0.15, -0.1) is 11.6 Å². The minimum atomic E-state index is -3.71. The van der Waals surface area contributed by atoms with Crippen molar-refractivity contribution in [2.75, 3.05) is 5.88 Å². The highest BCUT2D eigenvalue weighted by Gasteiger charge is 2.24. The molecule has 0 aliphatic heterocycles. The standard InChI is InChI=1S/C11H11Cl2NO3S/c12-6-11(15)14-9-3-7-1-2-10(18(13,16)17)5-8(7)4-9/h1-2,5,9H,3-4,6H2,(H,14,15)/t9-/m1/s1. The number of carbonyl (C=O) groups excluding carboxylic acids is 1. The van der Waals surface area contributed by atoms with Crippen LogP contribution in [0.4, 0.5) is 0 Å².